The Balaban J connectivity index is 1.86. The number of aliphatic hydroxyl groups is 1. The number of hydrogen-bond donors (Lipinski definition) is 3. The van der Waals surface area contributed by atoms with E-state index in [4.69, 9.17) is 0 Å². The molecule has 0 heterocycles. The van der Waals surface area contributed by atoms with Gasteiger partial charge in [0.25, 0.3) is 0 Å². The molecule has 1 aliphatic carbocycles. The van der Waals surface area contributed by atoms with E-state index in [1.54, 1.807) is 19.1 Å². The van der Waals surface area contributed by atoms with Crippen molar-refractivity contribution in [3.63, 3.8) is 0 Å². The van der Waals surface area contributed by atoms with E-state index in [1.165, 1.54) is 12.8 Å². The first kappa shape index (κ1) is 18.2. The van der Waals surface area contributed by atoms with E-state index in [9.17, 15) is 13.5 Å². The zero-order valence-electron chi connectivity index (χ0n) is 14.0. The number of benzene rings is 1. The van der Waals surface area contributed by atoms with Gasteiger partial charge in [0.05, 0.1) is 11.9 Å². The fraction of sp³-hybridized carbons (Fsp3) is 0.647. The molecular formula is C17H28N2O3S. The van der Waals surface area contributed by atoms with Crippen molar-refractivity contribution in [2.24, 2.45) is 5.92 Å². The zero-order chi connectivity index (χ0) is 16.9. The van der Waals surface area contributed by atoms with Crippen molar-refractivity contribution in [2.45, 2.75) is 51.7 Å². The van der Waals surface area contributed by atoms with Gasteiger partial charge in [-0.2, -0.15) is 0 Å². The van der Waals surface area contributed by atoms with Crippen LogP contribution in [0.1, 0.15) is 51.1 Å². The predicted octanol–water partition coefficient (Wildman–Crippen LogP) is 2.65. The molecule has 5 nitrogen and oxygen atoms in total. The van der Waals surface area contributed by atoms with Crippen LogP contribution < -0.4 is 10.0 Å². The average molecular weight is 340 g/mol. The third-order valence-corrected chi connectivity index (χ3v) is 5.95. The van der Waals surface area contributed by atoms with Gasteiger partial charge in [0.15, 0.2) is 0 Å². The van der Waals surface area contributed by atoms with Gasteiger partial charge in [0.1, 0.15) is 0 Å². The van der Waals surface area contributed by atoms with Crippen LogP contribution in [0.3, 0.4) is 0 Å². The van der Waals surface area contributed by atoms with E-state index in [-0.39, 0.29) is 17.9 Å². The number of nitrogens with one attached hydrogen (secondary N) is 2. The molecule has 1 aromatic rings. The van der Waals surface area contributed by atoms with Gasteiger partial charge in [-0.05, 0) is 50.3 Å². The summed E-state index contributed by atoms with van der Waals surface area (Å²) in [4.78, 5) is 0. The molecule has 1 aliphatic rings. The second-order valence-electron chi connectivity index (χ2n) is 6.37. The second-order valence-corrected chi connectivity index (χ2v) is 8.38. The van der Waals surface area contributed by atoms with Crippen LogP contribution in [-0.2, 0) is 10.0 Å². The Morgan fingerprint density at radius 1 is 1.22 bits per heavy atom. The maximum Gasteiger partial charge on any atom is 0.232 e. The summed E-state index contributed by atoms with van der Waals surface area (Å²) >= 11 is 0. The Morgan fingerprint density at radius 3 is 2.39 bits per heavy atom. The molecule has 0 aromatic heterocycles. The number of rotatable bonds is 8. The van der Waals surface area contributed by atoms with Gasteiger partial charge in [-0.1, -0.05) is 25.0 Å². The lowest BCUT2D eigenvalue weighted by Crippen LogP contribution is -2.33. The highest BCUT2D eigenvalue weighted by atomic mass is 32.2. The molecule has 0 aliphatic heterocycles. The van der Waals surface area contributed by atoms with E-state index in [1.807, 2.05) is 19.1 Å². The molecule has 0 bridgehead atoms. The van der Waals surface area contributed by atoms with Crippen LogP contribution >= 0.6 is 0 Å². The minimum absolute atomic E-state index is 0.0613. The topological polar surface area (TPSA) is 78.4 Å². The molecular weight excluding hydrogens is 312 g/mol. The van der Waals surface area contributed by atoms with Crippen LogP contribution in [-0.4, -0.2) is 31.9 Å². The molecule has 2 unspecified atom stereocenters. The second kappa shape index (κ2) is 8.13. The number of anilines is 1. The van der Waals surface area contributed by atoms with Crippen LogP contribution in [0.2, 0.25) is 0 Å². The molecule has 2 atom stereocenters. The van der Waals surface area contributed by atoms with Crippen molar-refractivity contribution in [1.82, 2.24) is 5.32 Å². The normalized spacial score (nSPS) is 18.7. The number of hydrogen-bond acceptors (Lipinski definition) is 4. The minimum Gasteiger partial charge on any atom is -0.392 e. The van der Waals surface area contributed by atoms with Crippen molar-refractivity contribution in [1.29, 1.82) is 0 Å². The number of sulfonamides is 1. The highest BCUT2D eigenvalue weighted by molar-refractivity contribution is 7.92. The summed E-state index contributed by atoms with van der Waals surface area (Å²) in [6.07, 6.45) is 4.43. The fourth-order valence-electron chi connectivity index (χ4n) is 3.02. The first-order valence-corrected chi connectivity index (χ1v) is 10.1. The maximum atomic E-state index is 11.5. The van der Waals surface area contributed by atoms with Crippen molar-refractivity contribution < 1.29 is 13.5 Å². The van der Waals surface area contributed by atoms with Crippen molar-refractivity contribution >= 4 is 15.7 Å². The van der Waals surface area contributed by atoms with Crippen LogP contribution in [0.5, 0.6) is 0 Å². The van der Waals surface area contributed by atoms with Gasteiger partial charge in [-0.3, -0.25) is 4.72 Å². The zero-order valence-corrected chi connectivity index (χ0v) is 14.8. The standard InChI is InChI=1S/C17H28N2O3S/c1-3-23(21,22)19-16-10-8-14(9-11-16)13(2)18-12-17(20)15-6-4-5-7-15/h8-11,13,15,17-20H,3-7,12H2,1-2H3. The molecule has 130 valence electrons. The summed E-state index contributed by atoms with van der Waals surface area (Å²) in [6, 6.07) is 7.48. The molecule has 0 saturated heterocycles. The Morgan fingerprint density at radius 2 is 1.83 bits per heavy atom. The summed E-state index contributed by atoms with van der Waals surface area (Å²) in [5.41, 5.74) is 1.65. The Kier molecular flexibility index (Phi) is 6.44. The van der Waals surface area contributed by atoms with Crippen LogP contribution in [0.15, 0.2) is 24.3 Å². The van der Waals surface area contributed by atoms with E-state index < -0.39 is 10.0 Å². The molecule has 0 radical (unpaired) electrons. The van der Waals surface area contributed by atoms with E-state index in [0.29, 0.717) is 18.2 Å². The summed E-state index contributed by atoms with van der Waals surface area (Å²) in [5, 5.41) is 13.6. The van der Waals surface area contributed by atoms with Crippen LogP contribution in [0.4, 0.5) is 5.69 Å². The monoisotopic (exact) mass is 340 g/mol. The number of aliphatic hydroxyl groups excluding tert-OH is 1. The van der Waals surface area contributed by atoms with Crippen molar-refractivity contribution in [3.05, 3.63) is 29.8 Å². The smallest absolute Gasteiger partial charge is 0.232 e. The molecule has 2 rings (SSSR count). The largest absolute Gasteiger partial charge is 0.392 e. The Hall–Kier alpha value is -1.11. The molecule has 1 fully saturated rings. The van der Waals surface area contributed by atoms with E-state index >= 15 is 0 Å². The molecule has 3 N–H and O–H groups in total. The minimum atomic E-state index is -3.24. The van der Waals surface area contributed by atoms with E-state index in [0.717, 1.165) is 18.4 Å². The molecule has 0 amide bonds. The highest BCUT2D eigenvalue weighted by Gasteiger charge is 2.23. The predicted molar refractivity (Wildman–Crippen MR) is 93.9 cm³/mol. The van der Waals surface area contributed by atoms with Crippen LogP contribution in [0.25, 0.3) is 0 Å². The third kappa shape index (κ3) is 5.48. The lowest BCUT2D eigenvalue weighted by Gasteiger charge is -2.21. The first-order valence-electron chi connectivity index (χ1n) is 8.43. The lowest BCUT2D eigenvalue weighted by atomic mass is 10.0. The van der Waals surface area contributed by atoms with Gasteiger partial charge in [0.2, 0.25) is 10.0 Å². The molecule has 23 heavy (non-hydrogen) atoms. The first-order chi connectivity index (χ1) is 10.9. The quantitative estimate of drug-likeness (QED) is 0.680. The van der Waals surface area contributed by atoms with Gasteiger partial charge in [0, 0.05) is 18.3 Å². The lowest BCUT2D eigenvalue weighted by molar-refractivity contribution is 0.106. The Labute approximate surface area is 139 Å². The highest BCUT2D eigenvalue weighted by Crippen LogP contribution is 2.27. The van der Waals surface area contributed by atoms with Gasteiger partial charge in [-0.15, -0.1) is 0 Å². The van der Waals surface area contributed by atoms with Gasteiger partial charge in [-0.25, -0.2) is 8.42 Å². The summed E-state index contributed by atoms with van der Waals surface area (Å²) in [7, 11) is -3.24. The summed E-state index contributed by atoms with van der Waals surface area (Å²) in [5.74, 6) is 0.492. The molecule has 6 heteroatoms. The average Bonchev–Trinajstić information content (AvgIpc) is 3.07. The molecule has 1 aromatic carbocycles. The third-order valence-electron chi connectivity index (χ3n) is 4.64. The SMILES string of the molecule is CCS(=O)(=O)Nc1ccc(C(C)NCC(O)C2CCCC2)cc1. The van der Waals surface area contributed by atoms with Crippen molar-refractivity contribution in [2.75, 3.05) is 17.0 Å². The summed E-state index contributed by atoms with van der Waals surface area (Å²) in [6.45, 7) is 4.25. The maximum absolute atomic E-state index is 11.5. The Bertz CT molecular complexity index is 580. The molecule has 0 spiro atoms. The van der Waals surface area contributed by atoms with Gasteiger partial charge < -0.3 is 10.4 Å². The van der Waals surface area contributed by atoms with Crippen LogP contribution in [0, 0.1) is 5.92 Å². The van der Waals surface area contributed by atoms with E-state index in [2.05, 4.69) is 10.0 Å². The molecule has 1 saturated carbocycles. The van der Waals surface area contributed by atoms with Gasteiger partial charge >= 0.3 is 0 Å². The van der Waals surface area contributed by atoms with Crippen molar-refractivity contribution in [3.8, 4) is 0 Å². The summed E-state index contributed by atoms with van der Waals surface area (Å²) < 4.78 is 25.6. The fourth-order valence-corrected chi connectivity index (χ4v) is 3.66.